The van der Waals surface area contributed by atoms with Gasteiger partial charge in [0.1, 0.15) is 0 Å². The molecule has 0 aromatic carbocycles. The van der Waals surface area contributed by atoms with Gasteiger partial charge in [-0.2, -0.15) is 5.48 Å². The fraction of sp³-hybridized carbons (Fsp3) is 0.500. The zero-order chi connectivity index (χ0) is 8.15. The average molecular weight is 148 g/mol. The Balaban J connectivity index is 3.83. The number of hydrogen-bond acceptors (Lipinski definition) is 4. The lowest BCUT2D eigenvalue weighted by atomic mass is 10.5. The molecule has 0 heterocycles. The molecule has 0 rings (SSSR count). The summed E-state index contributed by atoms with van der Waals surface area (Å²) < 4.78 is 0. The number of hydrogen-bond donors (Lipinski definition) is 4. The molecule has 1 amide bonds. The standard InChI is InChI=1S/C4H8N2O4/c1-2(7)5-3(6-10)4(8)9/h3,6,10H,1H3,(H,5,7)(H,8,9). The van der Waals surface area contributed by atoms with E-state index in [1.54, 1.807) is 0 Å². The predicted molar refractivity (Wildman–Crippen MR) is 30.2 cm³/mol. The molecule has 0 fully saturated rings. The number of aliphatic carboxylic acids is 1. The van der Waals surface area contributed by atoms with Crippen LogP contribution in [0.3, 0.4) is 0 Å². The first-order valence-electron chi connectivity index (χ1n) is 2.47. The molecule has 4 N–H and O–H groups in total. The van der Waals surface area contributed by atoms with Crippen molar-refractivity contribution in [3.63, 3.8) is 0 Å². The molecule has 0 radical (unpaired) electrons. The Bertz CT molecular complexity index is 146. The molecule has 0 saturated carbocycles. The summed E-state index contributed by atoms with van der Waals surface area (Å²) in [5.74, 6) is -1.88. The van der Waals surface area contributed by atoms with E-state index in [0.717, 1.165) is 6.92 Å². The van der Waals surface area contributed by atoms with E-state index in [4.69, 9.17) is 10.3 Å². The first kappa shape index (κ1) is 8.86. The minimum atomic E-state index is -1.43. The molecule has 0 saturated heterocycles. The molecule has 0 bridgehead atoms. The SMILES string of the molecule is CC(=O)NC(NO)C(=O)O. The van der Waals surface area contributed by atoms with E-state index in [0.29, 0.717) is 0 Å². The summed E-state index contributed by atoms with van der Waals surface area (Å²) in [4.78, 5) is 20.2. The van der Waals surface area contributed by atoms with Gasteiger partial charge in [0.25, 0.3) is 0 Å². The number of carbonyl (C=O) groups is 2. The maximum absolute atomic E-state index is 10.2. The third-order valence-corrected chi connectivity index (χ3v) is 0.724. The number of nitrogens with one attached hydrogen (secondary N) is 2. The summed E-state index contributed by atoms with van der Waals surface area (Å²) in [5.41, 5.74) is 1.40. The lowest BCUT2D eigenvalue weighted by Crippen LogP contribution is -2.48. The van der Waals surface area contributed by atoms with Gasteiger partial charge < -0.3 is 15.6 Å². The molecule has 10 heavy (non-hydrogen) atoms. The zero-order valence-corrected chi connectivity index (χ0v) is 5.29. The number of carboxylic acid groups (broad SMARTS) is 1. The fourth-order valence-corrected chi connectivity index (χ4v) is 0.352. The Morgan fingerprint density at radius 3 is 2.10 bits per heavy atom. The van der Waals surface area contributed by atoms with Gasteiger partial charge in [-0.15, -0.1) is 0 Å². The summed E-state index contributed by atoms with van der Waals surface area (Å²) in [6.07, 6.45) is -1.43. The van der Waals surface area contributed by atoms with E-state index >= 15 is 0 Å². The van der Waals surface area contributed by atoms with Gasteiger partial charge in [-0.05, 0) is 0 Å². The summed E-state index contributed by atoms with van der Waals surface area (Å²) >= 11 is 0. The summed E-state index contributed by atoms with van der Waals surface area (Å²) in [6, 6.07) is 0. The Labute approximate surface area is 56.8 Å². The number of rotatable bonds is 3. The van der Waals surface area contributed by atoms with E-state index < -0.39 is 18.0 Å². The monoisotopic (exact) mass is 148 g/mol. The van der Waals surface area contributed by atoms with Crippen LogP contribution in [0.4, 0.5) is 0 Å². The Hall–Kier alpha value is -1.14. The molecular weight excluding hydrogens is 140 g/mol. The lowest BCUT2D eigenvalue weighted by molar-refractivity contribution is -0.145. The molecule has 1 unspecified atom stereocenters. The van der Waals surface area contributed by atoms with Crippen LogP contribution in [0.25, 0.3) is 0 Å². The van der Waals surface area contributed by atoms with Crippen molar-refractivity contribution < 1.29 is 19.9 Å². The van der Waals surface area contributed by atoms with Crippen molar-refractivity contribution in [2.24, 2.45) is 0 Å². The maximum Gasteiger partial charge on any atom is 0.343 e. The van der Waals surface area contributed by atoms with Gasteiger partial charge in [0.15, 0.2) is 0 Å². The van der Waals surface area contributed by atoms with Gasteiger partial charge in [0.05, 0.1) is 0 Å². The highest BCUT2D eigenvalue weighted by Crippen LogP contribution is 1.74. The molecule has 0 aromatic rings. The smallest absolute Gasteiger partial charge is 0.343 e. The zero-order valence-electron chi connectivity index (χ0n) is 5.29. The first-order valence-corrected chi connectivity index (χ1v) is 2.47. The van der Waals surface area contributed by atoms with Gasteiger partial charge in [-0.3, -0.25) is 4.79 Å². The van der Waals surface area contributed by atoms with Crippen LogP contribution >= 0.6 is 0 Å². The van der Waals surface area contributed by atoms with Crippen LogP contribution in [0.15, 0.2) is 0 Å². The van der Waals surface area contributed by atoms with Crippen LogP contribution in [0.1, 0.15) is 6.92 Å². The average Bonchev–Trinajstić information content (AvgIpc) is 1.81. The molecule has 0 aliphatic heterocycles. The highest BCUT2D eigenvalue weighted by Gasteiger charge is 2.15. The Kier molecular flexibility index (Phi) is 3.37. The van der Waals surface area contributed by atoms with Gasteiger partial charge in [-0.25, -0.2) is 4.79 Å². The Morgan fingerprint density at radius 1 is 1.50 bits per heavy atom. The molecule has 0 spiro atoms. The van der Waals surface area contributed by atoms with Crippen LogP contribution in [-0.4, -0.2) is 28.4 Å². The highest BCUT2D eigenvalue weighted by atomic mass is 16.5. The van der Waals surface area contributed by atoms with Crippen LogP contribution in [0.5, 0.6) is 0 Å². The minimum absolute atomic E-state index is 0.533. The van der Waals surface area contributed by atoms with Gasteiger partial charge in [0.2, 0.25) is 12.1 Å². The maximum atomic E-state index is 10.2. The molecular formula is C4H8N2O4. The molecule has 58 valence electrons. The van der Waals surface area contributed by atoms with E-state index in [1.165, 1.54) is 5.48 Å². The third-order valence-electron chi connectivity index (χ3n) is 0.724. The second-order valence-corrected chi connectivity index (χ2v) is 1.60. The third kappa shape index (κ3) is 3.00. The van der Waals surface area contributed by atoms with Crippen molar-refractivity contribution in [3.8, 4) is 0 Å². The molecule has 0 aromatic heterocycles. The quantitative estimate of drug-likeness (QED) is 0.289. The highest BCUT2D eigenvalue weighted by molar-refractivity contribution is 5.81. The number of carbonyl (C=O) groups excluding carboxylic acids is 1. The molecule has 1 atom stereocenters. The molecule has 6 nitrogen and oxygen atoms in total. The van der Waals surface area contributed by atoms with E-state index in [9.17, 15) is 9.59 Å². The lowest BCUT2D eigenvalue weighted by Gasteiger charge is -2.09. The largest absolute Gasteiger partial charge is 0.479 e. The van der Waals surface area contributed by atoms with Crippen LogP contribution in [0, 0.1) is 0 Å². The minimum Gasteiger partial charge on any atom is -0.479 e. The van der Waals surface area contributed by atoms with Crippen LogP contribution in [-0.2, 0) is 9.59 Å². The summed E-state index contributed by atoms with van der Waals surface area (Å²) in [7, 11) is 0. The summed E-state index contributed by atoms with van der Waals surface area (Å²) in [6.45, 7) is 1.15. The van der Waals surface area contributed by atoms with Crippen molar-refractivity contribution in [1.82, 2.24) is 10.8 Å². The molecule has 0 aliphatic rings. The van der Waals surface area contributed by atoms with E-state index in [-0.39, 0.29) is 0 Å². The van der Waals surface area contributed by atoms with Gasteiger partial charge >= 0.3 is 5.97 Å². The van der Waals surface area contributed by atoms with Crippen LogP contribution in [0.2, 0.25) is 0 Å². The number of carboxylic acids is 1. The van der Waals surface area contributed by atoms with E-state index in [1.807, 2.05) is 5.32 Å². The van der Waals surface area contributed by atoms with Crippen LogP contribution < -0.4 is 10.8 Å². The van der Waals surface area contributed by atoms with Crippen molar-refractivity contribution >= 4 is 11.9 Å². The van der Waals surface area contributed by atoms with Gasteiger partial charge in [-0.1, -0.05) is 0 Å². The molecule has 6 heteroatoms. The first-order chi connectivity index (χ1) is 4.57. The second-order valence-electron chi connectivity index (χ2n) is 1.60. The number of hydroxylamine groups is 1. The Morgan fingerprint density at radius 2 is 2.00 bits per heavy atom. The van der Waals surface area contributed by atoms with Crippen molar-refractivity contribution in [2.75, 3.05) is 0 Å². The summed E-state index contributed by atoms with van der Waals surface area (Å²) in [5, 5.41) is 18.2. The second kappa shape index (κ2) is 3.80. The number of amides is 1. The normalized spacial score (nSPS) is 12.2. The van der Waals surface area contributed by atoms with Crippen molar-refractivity contribution in [3.05, 3.63) is 0 Å². The van der Waals surface area contributed by atoms with Crippen molar-refractivity contribution in [1.29, 1.82) is 0 Å². The van der Waals surface area contributed by atoms with Crippen molar-refractivity contribution in [2.45, 2.75) is 13.1 Å². The predicted octanol–water partition coefficient (Wildman–Crippen LogP) is -1.49. The fourth-order valence-electron chi connectivity index (χ4n) is 0.352. The topological polar surface area (TPSA) is 98.7 Å². The van der Waals surface area contributed by atoms with Gasteiger partial charge in [0, 0.05) is 6.92 Å². The van der Waals surface area contributed by atoms with E-state index in [2.05, 4.69) is 0 Å². The molecule has 0 aliphatic carbocycles.